The number of benzene rings is 2. The third-order valence-electron chi connectivity index (χ3n) is 4.44. The predicted octanol–water partition coefficient (Wildman–Crippen LogP) is 4.61. The predicted molar refractivity (Wildman–Crippen MR) is 113 cm³/mol. The summed E-state index contributed by atoms with van der Waals surface area (Å²) in [6.45, 7) is 5.81. The molecule has 0 bridgehead atoms. The first-order valence-corrected chi connectivity index (χ1v) is 9.82. The Kier molecular flexibility index (Phi) is 4.53. The fourth-order valence-corrected chi connectivity index (χ4v) is 4.00. The minimum absolute atomic E-state index is 0.136. The lowest BCUT2D eigenvalue weighted by atomic mass is 10.1. The molecular weight excluding hydrogens is 426 g/mol. The average Bonchev–Trinajstić information content (AvgIpc) is 3.20. The molecule has 0 aliphatic carbocycles. The van der Waals surface area contributed by atoms with Crippen molar-refractivity contribution in [2.75, 3.05) is 0 Å². The number of hydrogen-bond donors (Lipinski definition) is 1. The van der Waals surface area contributed by atoms with Crippen LogP contribution in [0.5, 0.6) is 0 Å². The van der Waals surface area contributed by atoms with E-state index in [4.69, 9.17) is 0 Å². The number of fused-ring (bicyclic) bond motifs is 1. The summed E-state index contributed by atoms with van der Waals surface area (Å²) in [6, 6.07) is 9.69. The molecule has 2 aromatic heterocycles. The fourth-order valence-electron chi connectivity index (χ4n) is 2.98. The van der Waals surface area contributed by atoms with Crippen LogP contribution in [-0.4, -0.2) is 24.7 Å². The van der Waals surface area contributed by atoms with Gasteiger partial charge in [0.2, 0.25) is 0 Å². The fraction of sp³-hybridized carbons (Fsp3) is 0.158. The zero-order valence-electron chi connectivity index (χ0n) is 14.9. The third kappa shape index (κ3) is 3.15. The Morgan fingerprint density at radius 3 is 2.74 bits per heavy atom. The summed E-state index contributed by atoms with van der Waals surface area (Å²) in [5.74, 6) is 0. The molecule has 0 saturated heterocycles. The Morgan fingerprint density at radius 2 is 1.96 bits per heavy atom. The molecule has 0 atom stereocenters. The first kappa shape index (κ1) is 17.8. The zero-order chi connectivity index (χ0) is 19.1. The van der Waals surface area contributed by atoms with Crippen LogP contribution in [0.1, 0.15) is 22.4 Å². The van der Waals surface area contributed by atoms with Crippen molar-refractivity contribution in [2.24, 2.45) is 4.99 Å². The second-order valence-corrected chi connectivity index (χ2v) is 7.79. The summed E-state index contributed by atoms with van der Waals surface area (Å²) in [5, 5.41) is 3.14. The van der Waals surface area contributed by atoms with E-state index >= 15 is 0 Å². The van der Waals surface area contributed by atoms with E-state index < -0.39 is 0 Å². The van der Waals surface area contributed by atoms with Crippen LogP contribution in [0, 0.1) is 20.8 Å². The van der Waals surface area contributed by atoms with Crippen molar-refractivity contribution in [1.82, 2.24) is 18.5 Å². The molecule has 0 aliphatic rings. The van der Waals surface area contributed by atoms with E-state index in [1.807, 2.05) is 51.1 Å². The Labute approximate surface area is 168 Å². The van der Waals surface area contributed by atoms with Gasteiger partial charge < -0.3 is 0 Å². The molecule has 1 N–H and O–H groups in total. The highest BCUT2D eigenvalue weighted by Crippen LogP contribution is 2.28. The van der Waals surface area contributed by atoms with Crippen LogP contribution in [0.3, 0.4) is 0 Å². The SMILES string of the molecule is Cc1cc(Br)ccc1-n1[nH]c(C)c(C=Nc2c(C)ccc3nsnc23)c1=O. The maximum atomic E-state index is 12.9. The Balaban J connectivity index is 1.80. The van der Waals surface area contributed by atoms with Crippen LogP contribution in [0.4, 0.5) is 5.69 Å². The van der Waals surface area contributed by atoms with Gasteiger partial charge >= 0.3 is 0 Å². The molecule has 136 valence electrons. The summed E-state index contributed by atoms with van der Waals surface area (Å²) in [6.07, 6.45) is 1.61. The van der Waals surface area contributed by atoms with E-state index in [0.29, 0.717) is 5.56 Å². The standard InChI is InChI=1S/C19H16BrN5OS/c1-10-4-6-15-18(24-27-23-15)17(10)21-9-14-12(3)22-25(19(14)26)16-7-5-13(20)8-11(16)2/h4-9,22H,1-3H3. The van der Waals surface area contributed by atoms with Crippen LogP contribution >= 0.6 is 27.7 Å². The van der Waals surface area contributed by atoms with Gasteiger partial charge in [-0.3, -0.25) is 14.9 Å². The number of hydrogen-bond acceptors (Lipinski definition) is 5. The Hall–Kier alpha value is -2.58. The number of aromatic nitrogens is 4. The smallest absolute Gasteiger partial charge is 0.280 e. The Bertz CT molecular complexity index is 1250. The molecule has 0 unspecified atom stereocenters. The number of aryl methyl sites for hydroxylation is 3. The van der Waals surface area contributed by atoms with Crippen LogP contribution < -0.4 is 5.56 Å². The summed E-state index contributed by atoms with van der Waals surface area (Å²) in [7, 11) is 0. The highest BCUT2D eigenvalue weighted by molar-refractivity contribution is 9.10. The van der Waals surface area contributed by atoms with Gasteiger partial charge in [-0.15, -0.1) is 0 Å². The molecule has 0 aliphatic heterocycles. The number of nitrogens with zero attached hydrogens (tertiary/aromatic N) is 4. The lowest BCUT2D eigenvalue weighted by Crippen LogP contribution is -2.18. The molecule has 0 fully saturated rings. The van der Waals surface area contributed by atoms with Crippen LogP contribution in [0.25, 0.3) is 16.7 Å². The van der Waals surface area contributed by atoms with Crippen LogP contribution in [0.15, 0.2) is 44.6 Å². The average molecular weight is 442 g/mol. The minimum Gasteiger partial charge on any atom is -0.295 e. The molecule has 0 spiro atoms. The number of aliphatic imine (C=N–C) groups is 1. The van der Waals surface area contributed by atoms with Crippen molar-refractivity contribution < 1.29 is 0 Å². The van der Waals surface area contributed by atoms with Gasteiger partial charge in [-0.1, -0.05) is 22.0 Å². The Morgan fingerprint density at radius 1 is 1.15 bits per heavy atom. The number of aromatic amines is 1. The van der Waals surface area contributed by atoms with Crippen molar-refractivity contribution in [3.8, 4) is 5.69 Å². The second kappa shape index (κ2) is 6.86. The maximum Gasteiger partial charge on any atom is 0.280 e. The molecule has 4 aromatic rings. The van der Waals surface area contributed by atoms with Gasteiger partial charge in [0.15, 0.2) is 0 Å². The quantitative estimate of drug-likeness (QED) is 0.471. The van der Waals surface area contributed by atoms with Crippen molar-refractivity contribution in [3.63, 3.8) is 0 Å². The van der Waals surface area contributed by atoms with E-state index in [2.05, 4.69) is 34.8 Å². The molecule has 2 aromatic carbocycles. The number of nitrogens with one attached hydrogen (secondary N) is 1. The molecule has 0 amide bonds. The number of H-pyrrole nitrogens is 1. The second-order valence-electron chi connectivity index (χ2n) is 6.34. The van der Waals surface area contributed by atoms with E-state index in [1.165, 1.54) is 0 Å². The lowest BCUT2D eigenvalue weighted by molar-refractivity contribution is 0.828. The molecule has 0 saturated carbocycles. The normalized spacial score (nSPS) is 11.7. The van der Waals surface area contributed by atoms with Crippen molar-refractivity contribution in [2.45, 2.75) is 20.8 Å². The van der Waals surface area contributed by atoms with Gasteiger partial charge in [-0.05, 0) is 56.2 Å². The molecule has 6 nitrogen and oxygen atoms in total. The highest BCUT2D eigenvalue weighted by atomic mass is 79.9. The number of halogens is 1. The molecule has 4 rings (SSSR count). The van der Waals surface area contributed by atoms with Crippen LogP contribution in [0.2, 0.25) is 0 Å². The van der Waals surface area contributed by atoms with E-state index in [0.717, 1.165) is 55.4 Å². The van der Waals surface area contributed by atoms with Crippen molar-refractivity contribution >= 4 is 50.6 Å². The third-order valence-corrected chi connectivity index (χ3v) is 5.48. The van der Waals surface area contributed by atoms with Crippen molar-refractivity contribution in [1.29, 1.82) is 0 Å². The minimum atomic E-state index is -0.136. The van der Waals surface area contributed by atoms with E-state index in [9.17, 15) is 4.79 Å². The number of rotatable bonds is 3. The lowest BCUT2D eigenvalue weighted by Gasteiger charge is -2.06. The topological polar surface area (TPSA) is 75.9 Å². The molecule has 8 heteroatoms. The van der Waals surface area contributed by atoms with E-state index in [-0.39, 0.29) is 5.56 Å². The molecular formula is C19H16BrN5OS. The largest absolute Gasteiger partial charge is 0.295 e. The summed E-state index contributed by atoms with van der Waals surface area (Å²) in [5.41, 5.74) is 6.25. The first-order chi connectivity index (χ1) is 13.0. The molecule has 0 radical (unpaired) electrons. The van der Waals surface area contributed by atoms with Crippen molar-refractivity contribution in [3.05, 3.63) is 67.5 Å². The van der Waals surface area contributed by atoms with Gasteiger partial charge in [-0.2, -0.15) is 8.75 Å². The van der Waals surface area contributed by atoms with Gasteiger partial charge in [0.05, 0.1) is 28.7 Å². The van der Waals surface area contributed by atoms with Gasteiger partial charge in [0.1, 0.15) is 11.0 Å². The van der Waals surface area contributed by atoms with Gasteiger partial charge in [0, 0.05) is 16.4 Å². The van der Waals surface area contributed by atoms with E-state index in [1.54, 1.807) is 10.9 Å². The summed E-state index contributed by atoms with van der Waals surface area (Å²) >= 11 is 4.61. The maximum absolute atomic E-state index is 12.9. The molecule has 2 heterocycles. The first-order valence-electron chi connectivity index (χ1n) is 8.30. The summed E-state index contributed by atoms with van der Waals surface area (Å²) in [4.78, 5) is 17.5. The highest BCUT2D eigenvalue weighted by Gasteiger charge is 2.13. The monoisotopic (exact) mass is 441 g/mol. The van der Waals surface area contributed by atoms with Gasteiger partial charge in [-0.25, -0.2) is 4.68 Å². The zero-order valence-corrected chi connectivity index (χ0v) is 17.3. The molecule has 27 heavy (non-hydrogen) atoms. The summed E-state index contributed by atoms with van der Waals surface area (Å²) < 4.78 is 11.1. The van der Waals surface area contributed by atoms with Gasteiger partial charge in [0.25, 0.3) is 5.56 Å². The van der Waals surface area contributed by atoms with Crippen LogP contribution in [-0.2, 0) is 0 Å².